The Labute approximate surface area is 160 Å². The molecule has 0 saturated heterocycles. The SMILES string of the molecule is CC(=NNC(N)=O)c1ccc2nnc([C@H](C)c3ccc4ncccc4c3)n2n1. The molecule has 4 rings (SSSR count). The largest absolute Gasteiger partial charge is 0.350 e. The van der Waals surface area contributed by atoms with E-state index >= 15 is 0 Å². The summed E-state index contributed by atoms with van der Waals surface area (Å²) in [6, 6.07) is 12.9. The minimum atomic E-state index is -0.732. The Morgan fingerprint density at radius 1 is 1.21 bits per heavy atom. The number of hydrazone groups is 1. The summed E-state index contributed by atoms with van der Waals surface area (Å²) in [6.45, 7) is 3.78. The molecule has 0 saturated carbocycles. The Bertz CT molecular complexity index is 1210. The molecule has 140 valence electrons. The van der Waals surface area contributed by atoms with E-state index in [0.29, 0.717) is 22.9 Å². The van der Waals surface area contributed by atoms with Gasteiger partial charge in [-0.05, 0) is 42.8 Å². The molecule has 0 spiro atoms. The molecule has 0 fully saturated rings. The van der Waals surface area contributed by atoms with Gasteiger partial charge in [0, 0.05) is 17.5 Å². The lowest BCUT2D eigenvalue weighted by Gasteiger charge is -2.11. The predicted octanol–water partition coefficient (Wildman–Crippen LogP) is 2.22. The molecule has 28 heavy (non-hydrogen) atoms. The first-order valence-corrected chi connectivity index (χ1v) is 8.70. The number of carbonyl (C=O) groups is 1. The van der Waals surface area contributed by atoms with Gasteiger partial charge in [0.1, 0.15) is 5.69 Å². The number of amides is 2. The molecule has 0 radical (unpaired) electrons. The second kappa shape index (κ2) is 7.03. The number of hydrogen-bond acceptors (Lipinski definition) is 6. The standard InChI is InChI=1S/C19H18N8O/c1-11(13-5-6-16-14(10-13)4-3-9-21-16)18-24-23-17-8-7-15(26-27(17)18)12(2)22-25-19(20)28/h3-11H,1-2H3,(H3,20,25,28)/t11-/m1/s1. The van der Waals surface area contributed by atoms with Crippen LogP contribution in [0.25, 0.3) is 16.6 Å². The summed E-state index contributed by atoms with van der Waals surface area (Å²) >= 11 is 0. The van der Waals surface area contributed by atoms with E-state index in [1.165, 1.54) is 0 Å². The number of hydrogen-bond donors (Lipinski definition) is 2. The summed E-state index contributed by atoms with van der Waals surface area (Å²) in [6.07, 6.45) is 1.78. The number of urea groups is 1. The highest BCUT2D eigenvalue weighted by Gasteiger charge is 2.18. The van der Waals surface area contributed by atoms with E-state index in [9.17, 15) is 4.79 Å². The van der Waals surface area contributed by atoms with E-state index in [4.69, 9.17) is 5.73 Å². The van der Waals surface area contributed by atoms with Gasteiger partial charge in [0.15, 0.2) is 11.5 Å². The van der Waals surface area contributed by atoms with Crippen molar-refractivity contribution in [1.82, 2.24) is 30.2 Å². The number of fused-ring (bicyclic) bond motifs is 2. The Hall–Kier alpha value is -3.88. The van der Waals surface area contributed by atoms with E-state index < -0.39 is 6.03 Å². The lowest BCUT2D eigenvalue weighted by Crippen LogP contribution is -2.25. The number of pyridine rings is 1. The Kier molecular flexibility index (Phi) is 4.40. The smallest absolute Gasteiger partial charge is 0.332 e. The van der Waals surface area contributed by atoms with Crippen molar-refractivity contribution in [2.24, 2.45) is 10.8 Å². The highest BCUT2D eigenvalue weighted by atomic mass is 16.2. The Balaban J connectivity index is 1.73. The van der Waals surface area contributed by atoms with Gasteiger partial charge in [0.05, 0.1) is 11.2 Å². The first-order valence-electron chi connectivity index (χ1n) is 8.70. The minimum Gasteiger partial charge on any atom is -0.350 e. The van der Waals surface area contributed by atoms with Crippen molar-refractivity contribution in [2.45, 2.75) is 19.8 Å². The molecule has 1 atom stereocenters. The van der Waals surface area contributed by atoms with Crippen LogP contribution >= 0.6 is 0 Å². The first kappa shape index (κ1) is 17.5. The molecule has 9 heteroatoms. The van der Waals surface area contributed by atoms with Crippen LogP contribution in [0.15, 0.2) is 53.8 Å². The number of primary amides is 1. The molecule has 1 aromatic carbocycles. The zero-order valence-corrected chi connectivity index (χ0v) is 15.4. The fourth-order valence-corrected chi connectivity index (χ4v) is 2.98. The zero-order valence-electron chi connectivity index (χ0n) is 15.4. The van der Waals surface area contributed by atoms with Gasteiger partial charge in [-0.25, -0.2) is 10.2 Å². The molecule has 3 aromatic heterocycles. The Morgan fingerprint density at radius 3 is 2.89 bits per heavy atom. The summed E-state index contributed by atoms with van der Waals surface area (Å²) in [5.74, 6) is 0.666. The number of nitrogens with two attached hydrogens (primary N) is 1. The number of nitrogens with zero attached hydrogens (tertiary/aromatic N) is 6. The van der Waals surface area contributed by atoms with E-state index in [1.54, 1.807) is 29.8 Å². The molecule has 0 aliphatic heterocycles. The molecule has 0 aliphatic carbocycles. The van der Waals surface area contributed by atoms with Crippen LogP contribution in [0.1, 0.15) is 36.8 Å². The molecular formula is C19H18N8O. The number of nitrogens with one attached hydrogen (secondary N) is 1. The van der Waals surface area contributed by atoms with Gasteiger partial charge in [0.2, 0.25) is 0 Å². The second-order valence-electron chi connectivity index (χ2n) is 6.40. The number of benzene rings is 1. The van der Waals surface area contributed by atoms with Gasteiger partial charge in [-0.1, -0.05) is 19.1 Å². The van der Waals surface area contributed by atoms with Crippen molar-refractivity contribution in [3.05, 3.63) is 65.7 Å². The first-order chi connectivity index (χ1) is 13.5. The highest BCUT2D eigenvalue weighted by molar-refractivity contribution is 5.97. The molecule has 3 N–H and O–H groups in total. The van der Waals surface area contributed by atoms with Gasteiger partial charge in [-0.15, -0.1) is 10.2 Å². The van der Waals surface area contributed by atoms with Crippen LogP contribution < -0.4 is 11.2 Å². The van der Waals surface area contributed by atoms with Crippen LogP contribution in [0.4, 0.5) is 4.79 Å². The average molecular weight is 374 g/mol. The van der Waals surface area contributed by atoms with Gasteiger partial charge in [-0.2, -0.15) is 14.7 Å². The third kappa shape index (κ3) is 3.25. The number of rotatable bonds is 4. The maximum absolute atomic E-state index is 10.9. The van der Waals surface area contributed by atoms with Crippen molar-refractivity contribution in [2.75, 3.05) is 0 Å². The van der Waals surface area contributed by atoms with E-state index in [2.05, 4.69) is 43.8 Å². The molecule has 3 heterocycles. The number of carbonyl (C=O) groups excluding carboxylic acids is 1. The van der Waals surface area contributed by atoms with Crippen molar-refractivity contribution >= 4 is 28.3 Å². The van der Waals surface area contributed by atoms with Crippen molar-refractivity contribution < 1.29 is 4.79 Å². The fraction of sp³-hybridized carbons (Fsp3) is 0.158. The van der Waals surface area contributed by atoms with E-state index in [0.717, 1.165) is 16.5 Å². The summed E-state index contributed by atoms with van der Waals surface area (Å²) in [4.78, 5) is 15.2. The van der Waals surface area contributed by atoms with Crippen LogP contribution in [0.3, 0.4) is 0 Å². The molecule has 0 aliphatic rings. The van der Waals surface area contributed by atoms with Gasteiger partial charge in [0.25, 0.3) is 0 Å². The quantitative estimate of drug-likeness (QED) is 0.419. The zero-order chi connectivity index (χ0) is 19.7. The summed E-state index contributed by atoms with van der Waals surface area (Å²) in [7, 11) is 0. The van der Waals surface area contributed by atoms with Gasteiger partial charge >= 0.3 is 6.03 Å². The Morgan fingerprint density at radius 2 is 2.07 bits per heavy atom. The van der Waals surface area contributed by atoms with Gasteiger partial charge in [-0.3, -0.25) is 4.98 Å². The normalized spacial score (nSPS) is 13.0. The lowest BCUT2D eigenvalue weighted by atomic mass is 9.98. The van der Waals surface area contributed by atoms with E-state index in [-0.39, 0.29) is 5.92 Å². The summed E-state index contributed by atoms with van der Waals surface area (Å²) in [5, 5.41) is 18.1. The van der Waals surface area contributed by atoms with Crippen molar-refractivity contribution in [3.63, 3.8) is 0 Å². The molecule has 0 unspecified atom stereocenters. The molecular weight excluding hydrogens is 356 g/mol. The van der Waals surface area contributed by atoms with Crippen molar-refractivity contribution in [3.8, 4) is 0 Å². The summed E-state index contributed by atoms with van der Waals surface area (Å²) in [5.41, 5.74) is 11.0. The average Bonchev–Trinajstić information content (AvgIpc) is 3.14. The van der Waals surface area contributed by atoms with Crippen LogP contribution in [-0.2, 0) is 0 Å². The van der Waals surface area contributed by atoms with Crippen LogP contribution in [0.5, 0.6) is 0 Å². The summed E-state index contributed by atoms with van der Waals surface area (Å²) < 4.78 is 1.69. The third-order valence-electron chi connectivity index (χ3n) is 4.51. The van der Waals surface area contributed by atoms with Crippen molar-refractivity contribution in [1.29, 1.82) is 0 Å². The van der Waals surface area contributed by atoms with Crippen LogP contribution in [-0.4, -0.2) is 36.5 Å². The van der Waals surface area contributed by atoms with Crippen LogP contribution in [0, 0.1) is 0 Å². The maximum atomic E-state index is 10.9. The highest BCUT2D eigenvalue weighted by Crippen LogP contribution is 2.25. The fourth-order valence-electron chi connectivity index (χ4n) is 2.98. The monoisotopic (exact) mass is 374 g/mol. The maximum Gasteiger partial charge on any atom is 0.332 e. The second-order valence-corrected chi connectivity index (χ2v) is 6.40. The van der Waals surface area contributed by atoms with Crippen LogP contribution in [0.2, 0.25) is 0 Å². The third-order valence-corrected chi connectivity index (χ3v) is 4.51. The predicted molar refractivity (Wildman–Crippen MR) is 105 cm³/mol. The topological polar surface area (TPSA) is 123 Å². The molecule has 0 bridgehead atoms. The van der Waals surface area contributed by atoms with E-state index in [1.807, 2.05) is 24.3 Å². The number of aromatic nitrogens is 5. The minimum absolute atomic E-state index is 0.0386. The molecule has 9 nitrogen and oxygen atoms in total. The van der Waals surface area contributed by atoms with Gasteiger partial charge < -0.3 is 5.73 Å². The molecule has 2 amide bonds. The lowest BCUT2D eigenvalue weighted by molar-refractivity contribution is 0.249. The molecule has 4 aromatic rings.